The Morgan fingerprint density at radius 2 is 1.94 bits per heavy atom. The average molecular weight is 432 g/mol. The van der Waals surface area contributed by atoms with Gasteiger partial charge in [-0.3, -0.25) is 14.5 Å². The molecule has 1 aromatic rings. The van der Waals surface area contributed by atoms with E-state index in [0.29, 0.717) is 31.2 Å². The van der Waals surface area contributed by atoms with Gasteiger partial charge in [0.1, 0.15) is 5.82 Å². The first-order valence-corrected chi connectivity index (χ1v) is 11.5. The lowest BCUT2D eigenvalue weighted by molar-refractivity contribution is -0.143. The molecule has 3 aliphatic rings. The van der Waals surface area contributed by atoms with Crippen LogP contribution < -0.4 is 0 Å². The molecular formula is C24H34FN3O3. The van der Waals surface area contributed by atoms with Gasteiger partial charge in [0.15, 0.2) is 0 Å². The molecular weight excluding hydrogens is 397 g/mol. The van der Waals surface area contributed by atoms with Crippen molar-refractivity contribution in [3.63, 3.8) is 0 Å². The fourth-order valence-electron chi connectivity index (χ4n) is 6.09. The van der Waals surface area contributed by atoms with E-state index >= 15 is 0 Å². The molecule has 0 radical (unpaired) electrons. The number of nitrogens with zero attached hydrogens (tertiary/aromatic N) is 3. The Balaban J connectivity index is 1.47. The van der Waals surface area contributed by atoms with Crippen molar-refractivity contribution < 1.29 is 18.7 Å². The first kappa shape index (κ1) is 22.2. The summed E-state index contributed by atoms with van der Waals surface area (Å²) >= 11 is 0. The van der Waals surface area contributed by atoms with Gasteiger partial charge in [-0.05, 0) is 43.9 Å². The van der Waals surface area contributed by atoms with E-state index in [1.807, 2.05) is 9.80 Å². The summed E-state index contributed by atoms with van der Waals surface area (Å²) in [5, 5.41) is 0. The van der Waals surface area contributed by atoms with Gasteiger partial charge in [-0.2, -0.15) is 0 Å². The van der Waals surface area contributed by atoms with E-state index in [1.54, 1.807) is 19.2 Å². The van der Waals surface area contributed by atoms with Crippen LogP contribution in [0.15, 0.2) is 24.3 Å². The smallest absolute Gasteiger partial charge is 0.230 e. The lowest BCUT2D eigenvalue weighted by Gasteiger charge is -2.47. The predicted octanol–water partition coefficient (Wildman–Crippen LogP) is 2.18. The number of ether oxygens (including phenoxy) is 1. The van der Waals surface area contributed by atoms with E-state index in [0.717, 1.165) is 52.0 Å². The molecule has 2 spiro atoms. The lowest BCUT2D eigenvalue weighted by atomic mass is 9.60. The van der Waals surface area contributed by atoms with E-state index in [2.05, 4.69) is 11.8 Å². The molecule has 7 heteroatoms. The number of amides is 2. The highest BCUT2D eigenvalue weighted by atomic mass is 19.1. The zero-order chi connectivity index (χ0) is 22.1. The number of piperidine rings is 1. The number of carbonyl (C=O) groups is 2. The summed E-state index contributed by atoms with van der Waals surface area (Å²) in [6.07, 6.45) is 2.81. The number of carbonyl (C=O) groups excluding carboxylic acids is 2. The Hall–Kier alpha value is -1.99. The minimum atomic E-state index is -0.339. The maximum atomic E-state index is 13.5. The van der Waals surface area contributed by atoms with Crippen LogP contribution in [0.2, 0.25) is 0 Å². The molecule has 0 bridgehead atoms. The highest BCUT2D eigenvalue weighted by Gasteiger charge is 2.64. The van der Waals surface area contributed by atoms with Gasteiger partial charge in [0.25, 0.3) is 0 Å². The summed E-state index contributed by atoms with van der Waals surface area (Å²) in [4.78, 5) is 32.7. The fraction of sp³-hybridized carbons (Fsp3) is 0.667. The minimum Gasteiger partial charge on any atom is -0.383 e. The van der Waals surface area contributed by atoms with Gasteiger partial charge in [0.2, 0.25) is 11.8 Å². The van der Waals surface area contributed by atoms with Crippen molar-refractivity contribution in [3.8, 4) is 0 Å². The van der Waals surface area contributed by atoms with Gasteiger partial charge in [-0.25, -0.2) is 4.39 Å². The molecule has 0 aliphatic carbocycles. The first-order valence-electron chi connectivity index (χ1n) is 11.5. The van der Waals surface area contributed by atoms with E-state index in [1.165, 1.54) is 12.1 Å². The SMILES string of the molecule is CCN1CC[C@@]2(CN(CCOC)CC23CCN(C(=O)Cc2cccc(F)c2)CC3)C1=O. The van der Waals surface area contributed by atoms with Crippen LogP contribution in [0.25, 0.3) is 0 Å². The zero-order valence-corrected chi connectivity index (χ0v) is 18.7. The van der Waals surface area contributed by atoms with Crippen LogP contribution in [0.1, 0.15) is 31.7 Å². The maximum Gasteiger partial charge on any atom is 0.230 e. The molecule has 6 nitrogen and oxygen atoms in total. The number of fused-ring (bicyclic) bond motifs is 1. The largest absolute Gasteiger partial charge is 0.383 e. The highest BCUT2D eigenvalue weighted by molar-refractivity contribution is 5.87. The van der Waals surface area contributed by atoms with Crippen LogP contribution in [-0.2, 0) is 20.7 Å². The Bertz CT molecular complexity index is 824. The Morgan fingerprint density at radius 1 is 1.16 bits per heavy atom. The van der Waals surface area contributed by atoms with Crippen LogP contribution in [-0.4, -0.2) is 86.0 Å². The maximum absolute atomic E-state index is 13.5. The molecule has 170 valence electrons. The Morgan fingerprint density at radius 3 is 2.58 bits per heavy atom. The molecule has 0 unspecified atom stereocenters. The minimum absolute atomic E-state index is 0.0386. The number of halogens is 1. The summed E-state index contributed by atoms with van der Waals surface area (Å²) in [6.45, 7) is 8.15. The highest BCUT2D eigenvalue weighted by Crippen LogP contribution is 2.57. The summed E-state index contributed by atoms with van der Waals surface area (Å²) in [5.41, 5.74) is 0.282. The van der Waals surface area contributed by atoms with Crippen molar-refractivity contribution in [1.29, 1.82) is 0 Å². The van der Waals surface area contributed by atoms with E-state index < -0.39 is 0 Å². The number of likely N-dealkylation sites (tertiary alicyclic amines) is 3. The fourth-order valence-corrected chi connectivity index (χ4v) is 6.09. The second-order valence-electron chi connectivity index (χ2n) is 9.39. The van der Waals surface area contributed by atoms with Gasteiger partial charge in [0, 0.05) is 58.3 Å². The molecule has 2 amide bonds. The quantitative estimate of drug-likeness (QED) is 0.693. The number of rotatable bonds is 6. The summed E-state index contributed by atoms with van der Waals surface area (Å²) in [7, 11) is 1.71. The van der Waals surface area contributed by atoms with Gasteiger partial charge in [0.05, 0.1) is 18.4 Å². The first-order chi connectivity index (χ1) is 14.9. The van der Waals surface area contributed by atoms with Gasteiger partial charge >= 0.3 is 0 Å². The molecule has 1 atom stereocenters. The Labute approximate surface area is 184 Å². The van der Waals surface area contributed by atoms with Crippen molar-refractivity contribution >= 4 is 11.8 Å². The average Bonchev–Trinajstić information content (AvgIpc) is 3.24. The van der Waals surface area contributed by atoms with Gasteiger partial charge in [-0.1, -0.05) is 12.1 Å². The molecule has 0 saturated carbocycles. The van der Waals surface area contributed by atoms with Crippen molar-refractivity contribution in [2.45, 2.75) is 32.6 Å². The van der Waals surface area contributed by atoms with Crippen LogP contribution in [0.4, 0.5) is 4.39 Å². The van der Waals surface area contributed by atoms with Crippen LogP contribution >= 0.6 is 0 Å². The third kappa shape index (κ3) is 3.98. The number of methoxy groups -OCH3 is 1. The van der Waals surface area contributed by atoms with Crippen LogP contribution in [0.3, 0.4) is 0 Å². The van der Waals surface area contributed by atoms with Crippen LogP contribution in [0, 0.1) is 16.6 Å². The second kappa shape index (κ2) is 8.87. The molecule has 3 aliphatic heterocycles. The molecule has 3 saturated heterocycles. The van der Waals surface area contributed by atoms with Crippen LogP contribution in [0.5, 0.6) is 0 Å². The topological polar surface area (TPSA) is 53.1 Å². The third-order valence-electron chi connectivity index (χ3n) is 7.85. The van der Waals surface area contributed by atoms with E-state index in [4.69, 9.17) is 4.74 Å². The number of benzene rings is 1. The van der Waals surface area contributed by atoms with Gasteiger partial charge < -0.3 is 14.5 Å². The normalized spacial score (nSPS) is 25.8. The lowest BCUT2D eigenvalue weighted by Crippen LogP contribution is -2.53. The predicted molar refractivity (Wildman–Crippen MR) is 116 cm³/mol. The van der Waals surface area contributed by atoms with Crippen molar-refractivity contribution in [2.75, 3.05) is 59.5 Å². The summed E-state index contributed by atoms with van der Waals surface area (Å²) in [6, 6.07) is 6.26. The Kier molecular flexibility index (Phi) is 6.35. The third-order valence-corrected chi connectivity index (χ3v) is 7.85. The molecule has 4 rings (SSSR count). The molecule has 3 fully saturated rings. The number of hydrogen-bond acceptors (Lipinski definition) is 4. The van der Waals surface area contributed by atoms with E-state index in [9.17, 15) is 14.0 Å². The van der Waals surface area contributed by atoms with Gasteiger partial charge in [-0.15, -0.1) is 0 Å². The van der Waals surface area contributed by atoms with Crippen molar-refractivity contribution in [2.24, 2.45) is 10.8 Å². The molecule has 3 heterocycles. The summed E-state index contributed by atoms with van der Waals surface area (Å²) in [5.74, 6) is 0.0262. The van der Waals surface area contributed by atoms with Crippen molar-refractivity contribution in [1.82, 2.24) is 14.7 Å². The van der Waals surface area contributed by atoms with E-state index in [-0.39, 0.29) is 29.0 Å². The molecule has 0 N–H and O–H groups in total. The number of hydrogen-bond donors (Lipinski definition) is 0. The second-order valence-corrected chi connectivity index (χ2v) is 9.39. The standard InChI is InChI=1S/C24H34FN3O3/c1-3-27-12-9-24(22(27)30)18-26(13-14-31-2)17-23(24)7-10-28(11-8-23)21(29)16-19-5-4-6-20(25)15-19/h4-6,15H,3,7-14,16-18H2,1-2H3/t24-/m1/s1. The van der Waals surface area contributed by atoms with Crippen molar-refractivity contribution in [3.05, 3.63) is 35.6 Å². The monoisotopic (exact) mass is 431 g/mol. The molecule has 0 aromatic heterocycles. The zero-order valence-electron chi connectivity index (χ0n) is 18.7. The summed E-state index contributed by atoms with van der Waals surface area (Å²) < 4.78 is 18.8. The molecule has 31 heavy (non-hydrogen) atoms. The molecule has 1 aromatic carbocycles.